The fourth-order valence-electron chi connectivity index (χ4n) is 2.97. The van der Waals surface area contributed by atoms with Crippen LogP contribution in [0.4, 0.5) is 0 Å². The third-order valence-electron chi connectivity index (χ3n) is 4.06. The van der Waals surface area contributed by atoms with E-state index < -0.39 is 0 Å². The van der Waals surface area contributed by atoms with Gasteiger partial charge in [-0.1, -0.05) is 0 Å². The molecule has 0 saturated carbocycles. The predicted molar refractivity (Wildman–Crippen MR) is 79.6 cm³/mol. The van der Waals surface area contributed by atoms with Gasteiger partial charge in [0.25, 0.3) is 0 Å². The first kappa shape index (κ1) is 15.1. The fourth-order valence-corrected chi connectivity index (χ4v) is 4.21. The summed E-state index contributed by atoms with van der Waals surface area (Å²) in [6.45, 7) is 4.32. The average Bonchev–Trinajstić information content (AvgIpc) is 2.40. The van der Waals surface area contributed by atoms with Gasteiger partial charge in [-0.3, -0.25) is 4.79 Å². The Hall–Kier alpha value is -0.260. The number of nitrogens with one attached hydrogen (secondary N) is 2. The van der Waals surface area contributed by atoms with Crippen LogP contribution in [0.25, 0.3) is 0 Å². The maximum absolute atomic E-state index is 11.4. The van der Waals surface area contributed by atoms with E-state index in [2.05, 4.69) is 10.6 Å². The van der Waals surface area contributed by atoms with E-state index in [1.807, 2.05) is 18.7 Å². The molecule has 0 aromatic heterocycles. The van der Waals surface area contributed by atoms with Crippen molar-refractivity contribution in [3.8, 4) is 0 Å². The van der Waals surface area contributed by atoms with Crippen LogP contribution < -0.4 is 10.6 Å². The standard InChI is InChI=1S/C14H26N2O2S/c1-2-15-13(17)3-7-16-12-4-8-18-14(11-12)5-9-19-10-6-14/h12,16H,2-11H2,1H3,(H,15,17). The smallest absolute Gasteiger partial charge is 0.221 e. The Morgan fingerprint density at radius 3 is 2.95 bits per heavy atom. The molecule has 1 amide bonds. The number of hydrogen-bond acceptors (Lipinski definition) is 4. The number of carbonyl (C=O) groups is 1. The lowest BCUT2D eigenvalue weighted by atomic mass is 9.85. The third-order valence-corrected chi connectivity index (χ3v) is 5.04. The van der Waals surface area contributed by atoms with Crippen molar-refractivity contribution in [3.63, 3.8) is 0 Å². The molecule has 2 heterocycles. The SMILES string of the molecule is CCNC(=O)CCNC1CCOC2(CCSCC2)C1. The van der Waals surface area contributed by atoms with Crippen LogP contribution in [-0.4, -0.2) is 48.8 Å². The van der Waals surface area contributed by atoms with E-state index in [1.165, 1.54) is 24.3 Å². The fraction of sp³-hybridized carbons (Fsp3) is 0.929. The zero-order chi connectivity index (χ0) is 13.6. The molecule has 0 bridgehead atoms. The van der Waals surface area contributed by atoms with E-state index >= 15 is 0 Å². The second-order valence-corrected chi connectivity index (χ2v) is 6.72. The minimum absolute atomic E-state index is 0.132. The molecule has 2 saturated heterocycles. The molecular weight excluding hydrogens is 260 g/mol. The summed E-state index contributed by atoms with van der Waals surface area (Å²) < 4.78 is 6.07. The van der Waals surface area contributed by atoms with Crippen molar-refractivity contribution in [2.45, 2.75) is 50.7 Å². The van der Waals surface area contributed by atoms with Crippen LogP contribution >= 0.6 is 11.8 Å². The zero-order valence-corrected chi connectivity index (χ0v) is 12.7. The van der Waals surface area contributed by atoms with Crippen LogP contribution in [0.5, 0.6) is 0 Å². The number of rotatable bonds is 5. The summed E-state index contributed by atoms with van der Waals surface area (Å²) in [5.74, 6) is 2.60. The van der Waals surface area contributed by atoms with Gasteiger partial charge in [0.15, 0.2) is 0 Å². The van der Waals surface area contributed by atoms with Gasteiger partial charge in [0.2, 0.25) is 5.91 Å². The van der Waals surface area contributed by atoms with Crippen molar-refractivity contribution in [1.29, 1.82) is 0 Å². The van der Waals surface area contributed by atoms with E-state index in [0.717, 1.165) is 32.5 Å². The molecule has 4 nitrogen and oxygen atoms in total. The highest BCUT2D eigenvalue weighted by molar-refractivity contribution is 7.99. The molecule has 1 spiro atoms. The molecule has 1 unspecified atom stereocenters. The van der Waals surface area contributed by atoms with Gasteiger partial charge in [0, 0.05) is 32.2 Å². The van der Waals surface area contributed by atoms with Crippen molar-refractivity contribution in [1.82, 2.24) is 10.6 Å². The maximum Gasteiger partial charge on any atom is 0.221 e. The summed E-state index contributed by atoms with van der Waals surface area (Å²) in [7, 11) is 0. The first-order valence-corrected chi connectivity index (χ1v) is 8.61. The molecule has 5 heteroatoms. The van der Waals surface area contributed by atoms with Gasteiger partial charge >= 0.3 is 0 Å². The predicted octanol–water partition coefficient (Wildman–Crippen LogP) is 1.55. The summed E-state index contributed by atoms with van der Waals surface area (Å²) in [5.41, 5.74) is 0.132. The molecule has 0 aliphatic carbocycles. The van der Waals surface area contributed by atoms with Crippen molar-refractivity contribution in [3.05, 3.63) is 0 Å². The van der Waals surface area contributed by atoms with Crippen molar-refractivity contribution < 1.29 is 9.53 Å². The summed E-state index contributed by atoms with van der Waals surface area (Å²) in [4.78, 5) is 11.4. The minimum atomic E-state index is 0.132. The lowest BCUT2D eigenvalue weighted by Gasteiger charge is -2.43. The van der Waals surface area contributed by atoms with Gasteiger partial charge < -0.3 is 15.4 Å². The lowest BCUT2D eigenvalue weighted by Crippen LogP contribution is -2.49. The Balaban J connectivity index is 1.70. The van der Waals surface area contributed by atoms with Crippen LogP contribution in [0.15, 0.2) is 0 Å². The summed E-state index contributed by atoms with van der Waals surface area (Å²) in [5, 5.41) is 6.37. The summed E-state index contributed by atoms with van der Waals surface area (Å²) >= 11 is 2.04. The minimum Gasteiger partial charge on any atom is -0.375 e. The van der Waals surface area contributed by atoms with Crippen LogP contribution in [0.1, 0.15) is 39.0 Å². The van der Waals surface area contributed by atoms with Gasteiger partial charge in [0.1, 0.15) is 0 Å². The first-order valence-electron chi connectivity index (χ1n) is 7.46. The van der Waals surface area contributed by atoms with E-state index in [4.69, 9.17) is 4.74 Å². The first-order chi connectivity index (χ1) is 9.24. The third kappa shape index (κ3) is 4.65. The molecule has 1 atom stereocenters. The molecule has 2 N–H and O–H groups in total. The maximum atomic E-state index is 11.4. The number of hydrogen-bond donors (Lipinski definition) is 2. The Morgan fingerprint density at radius 2 is 2.21 bits per heavy atom. The van der Waals surface area contributed by atoms with E-state index in [-0.39, 0.29) is 11.5 Å². The molecule has 2 aliphatic heterocycles. The van der Waals surface area contributed by atoms with Crippen molar-refractivity contribution in [2.75, 3.05) is 31.2 Å². The summed E-state index contributed by atoms with van der Waals surface area (Å²) in [6.07, 6.45) is 5.14. The van der Waals surface area contributed by atoms with Gasteiger partial charge in [-0.25, -0.2) is 0 Å². The highest BCUT2D eigenvalue weighted by Gasteiger charge is 2.38. The second kappa shape index (κ2) is 7.50. The zero-order valence-electron chi connectivity index (χ0n) is 11.9. The van der Waals surface area contributed by atoms with Crippen LogP contribution in [0.2, 0.25) is 0 Å². The van der Waals surface area contributed by atoms with Crippen molar-refractivity contribution >= 4 is 17.7 Å². The molecule has 2 rings (SSSR count). The Bertz CT molecular complexity index is 288. The number of amides is 1. The van der Waals surface area contributed by atoms with Gasteiger partial charge in [0.05, 0.1) is 5.60 Å². The number of carbonyl (C=O) groups excluding carboxylic acids is 1. The van der Waals surface area contributed by atoms with E-state index in [1.54, 1.807) is 0 Å². The molecule has 2 fully saturated rings. The monoisotopic (exact) mass is 286 g/mol. The molecule has 0 aromatic rings. The quantitative estimate of drug-likeness (QED) is 0.805. The largest absolute Gasteiger partial charge is 0.375 e. The topological polar surface area (TPSA) is 50.4 Å². The molecular formula is C14H26N2O2S. The van der Waals surface area contributed by atoms with Crippen LogP contribution in [0, 0.1) is 0 Å². The Kier molecular flexibility index (Phi) is 5.98. The molecule has 2 aliphatic rings. The Labute approximate surface area is 120 Å². The van der Waals surface area contributed by atoms with Gasteiger partial charge in [-0.2, -0.15) is 11.8 Å². The highest BCUT2D eigenvalue weighted by Crippen LogP contribution is 2.37. The second-order valence-electron chi connectivity index (χ2n) is 5.49. The Morgan fingerprint density at radius 1 is 1.42 bits per heavy atom. The average molecular weight is 286 g/mol. The van der Waals surface area contributed by atoms with Crippen LogP contribution in [0.3, 0.4) is 0 Å². The van der Waals surface area contributed by atoms with Crippen molar-refractivity contribution in [2.24, 2.45) is 0 Å². The number of thioether (sulfide) groups is 1. The molecule has 0 aromatic carbocycles. The van der Waals surface area contributed by atoms with E-state index in [9.17, 15) is 4.79 Å². The highest BCUT2D eigenvalue weighted by atomic mass is 32.2. The van der Waals surface area contributed by atoms with Gasteiger partial charge in [-0.05, 0) is 44.1 Å². The normalized spacial score (nSPS) is 26.3. The number of ether oxygens (including phenoxy) is 1. The summed E-state index contributed by atoms with van der Waals surface area (Å²) in [6, 6.07) is 0.520. The van der Waals surface area contributed by atoms with Crippen LogP contribution in [-0.2, 0) is 9.53 Å². The molecule has 19 heavy (non-hydrogen) atoms. The lowest BCUT2D eigenvalue weighted by molar-refractivity contribution is -0.121. The van der Waals surface area contributed by atoms with E-state index in [0.29, 0.717) is 12.5 Å². The van der Waals surface area contributed by atoms with Gasteiger partial charge in [-0.15, -0.1) is 0 Å². The molecule has 110 valence electrons. The molecule has 0 radical (unpaired) electrons.